The number of benzene rings is 4. The Hall–Kier alpha value is -5.06. The Kier molecular flexibility index (Phi) is 5.56. The first-order chi connectivity index (χ1) is 21.3. The van der Waals surface area contributed by atoms with Crippen molar-refractivity contribution >= 4 is 16.9 Å². The maximum Gasteiger partial charge on any atom is 0.0536 e. The third-order valence-corrected chi connectivity index (χ3v) is 9.91. The molecule has 0 radical (unpaired) electrons. The summed E-state index contributed by atoms with van der Waals surface area (Å²) >= 11 is 0. The van der Waals surface area contributed by atoms with E-state index in [1.54, 1.807) is 0 Å². The second-order valence-electron chi connectivity index (χ2n) is 12.2. The summed E-state index contributed by atoms with van der Waals surface area (Å²) < 4.78 is 0. The number of hydrogen-bond donors (Lipinski definition) is 0. The molecule has 0 spiro atoms. The van der Waals surface area contributed by atoms with Crippen LogP contribution in [0.25, 0.3) is 27.8 Å². The second-order valence-corrected chi connectivity index (χ2v) is 12.2. The fraction of sp³-hybridized carbons (Fsp3) is 0.143. The van der Waals surface area contributed by atoms with Gasteiger partial charge in [0.15, 0.2) is 0 Å². The molecule has 43 heavy (non-hydrogen) atoms. The quantitative estimate of drug-likeness (QED) is 0.229. The van der Waals surface area contributed by atoms with Gasteiger partial charge in [0.1, 0.15) is 0 Å². The lowest BCUT2D eigenvalue weighted by atomic mass is 9.66. The number of nitrogens with zero attached hydrogens (tertiary/aromatic N) is 1. The number of allylic oxidation sites excluding steroid dienone is 9. The van der Waals surface area contributed by atoms with E-state index in [-0.39, 0.29) is 5.92 Å². The van der Waals surface area contributed by atoms with Gasteiger partial charge in [0.05, 0.1) is 5.92 Å². The Labute approximate surface area is 253 Å². The summed E-state index contributed by atoms with van der Waals surface area (Å²) in [5, 5.41) is 0. The first-order valence-corrected chi connectivity index (χ1v) is 15.5. The monoisotopic (exact) mass is 549 g/mol. The summed E-state index contributed by atoms with van der Waals surface area (Å²) in [6, 6.07) is 33.8. The molecule has 0 saturated carbocycles. The van der Waals surface area contributed by atoms with Gasteiger partial charge in [0, 0.05) is 28.9 Å². The minimum atomic E-state index is 0.225. The summed E-state index contributed by atoms with van der Waals surface area (Å²) in [6.45, 7) is 0. The summed E-state index contributed by atoms with van der Waals surface area (Å²) in [5.74, 6) is 8.48. The highest BCUT2D eigenvalue weighted by Gasteiger charge is 2.45. The van der Waals surface area contributed by atoms with Crippen molar-refractivity contribution in [3.63, 3.8) is 0 Å². The molecule has 1 heteroatoms. The van der Waals surface area contributed by atoms with Crippen molar-refractivity contribution in [3.8, 4) is 34.1 Å². The summed E-state index contributed by atoms with van der Waals surface area (Å²) in [6.07, 6.45) is 20.6. The van der Waals surface area contributed by atoms with E-state index >= 15 is 0 Å². The van der Waals surface area contributed by atoms with Crippen molar-refractivity contribution in [2.45, 2.75) is 24.7 Å². The minimum Gasteiger partial charge on any atom is -0.311 e. The van der Waals surface area contributed by atoms with Crippen LogP contribution in [0.15, 0.2) is 145 Å². The van der Waals surface area contributed by atoms with Crippen LogP contribution in [-0.2, 0) is 0 Å². The van der Waals surface area contributed by atoms with E-state index in [2.05, 4.69) is 156 Å². The van der Waals surface area contributed by atoms with Crippen LogP contribution in [0.1, 0.15) is 41.4 Å². The van der Waals surface area contributed by atoms with E-state index in [1.165, 1.54) is 61.6 Å². The molecular weight excluding hydrogens is 518 g/mol. The molecule has 0 N–H and O–H groups in total. The molecule has 204 valence electrons. The van der Waals surface area contributed by atoms with E-state index in [1.807, 2.05) is 0 Å². The van der Waals surface area contributed by atoms with Crippen LogP contribution in [0.2, 0.25) is 0 Å². The lowest BCUT2D eigenvalue weighted by Crippen LogP contribution is -2.26. The Balaban J connectivity index is 1.17. The van der Waals surface area contributed by atoms with Gasteiger partial charge in [0.2, 0.25) is 0 Å². The molecule has 4 unspecified atom stereocenters. The molecule has 0 fully saturated rings. The van der Waals surface area contributed by atoms with Crippen LogP contribution in [-0.4, -0.2) is 0 Å². The van der Waals surface area contributed by atoms with Gasteiger partial charge >= 0.3 is 0 Å². The number of hydrogen-bond acceptors (Lipinski definition) is 1. The van der Waals surface area contributed by atoms with Crippen LogP contribution >= 0.6 is 0 Å². The highest BCUT2D eigenvalue weighted by molar-refractivity contribution is 5.94. The molecule has 0 amide bonds. The second kappa shape index (κ2) is 9.75. The predicted octanol–water partition coefficient (Wildman–Crippen LogP) is 10.3. The number of para-hydroxylation sites is 1. The smallest absolute Gasteiger partial charge is 0.0536 e. The van der Waals surface area contributed by atoms with Crippen molar-refractivity contribution in [2.24, 2.45) is 11.8 Å². The molecular formula is C42H31N. The van der Waals surface area contributed by atoms with Gasteiger partial charge in [-0.3, -0.25) is 0 Å². The van der Waals surface area contributed by atoms with Gasteiger partial charge in [-0.05, 0) is 106 Å². The molecule has 0 aliphatic heterocycles. The lowest BCUT2D eigenvalue weighted by molar-refractivity contribution is 0.429. The van der Waals surface area contributed by atoms with E-state index in [4.69, 9.17) is 0 Å². The molecule has 5 aliphatic carbocycles. The topological polar surface area (TPSA) is 3.24 Å². The molecule has 0 saturated heterocycles. The normalized spacial score (nSPS) is 23.2. The van der Waals surface area contributed by atoms with Gasteiger partial charge < -0.3 is 4.90 Å². The Morgan fingerprint density at radius 1 is 0.698 bits per heavy atom. The first-order valence-electron chi connectivity index (χ1n) is 15.5. The van der Waals surface area contributed by atoms with Gasteiger partial charge in [-0.1, -0.05) is 109 Å². The zero-order chi connectivity index (χ0) is 28.3. The Morgan fingerprint density at radius 3 is 2.37 bits per heavy atom. The zero-order valence-corrected chi connectivity index (χ0v) is 23.9. The first kappa shape index (κ1) is 24.5. The standard InChI is InChI=1S/C42H31N/c1-3-11-30(12-4-1)43(31-13-5-2-6-14-31)32-24-21-28(22-25-32)29-23-26-34-37-18-10-19-38-39-20-9-17-36(42(39)40(34)27-29)33-15-7-8-16-35(33)41(37)38/h1,3-5,7-9,11-18,20-27,33,35,38,41H,2,6H2. The Bertz CT molecular complexity index is 1990. The summed E-state index contributed by atoms with van der Waals surface area (Å²) in [7, 11) is 0. The maximum absolute atomic E-state index is 3.65. The zero-order valence-electron chi connectivity index (χ0n) is 23.9. The SMILES string of the molecule is C1#CC2c3cccc4c3-c3cc(-c5ccc(N(C6=CCCC=C6)c6ccccc6)cc5)ccc3C(=C1)C2C1C=CC=CC41. The number of anilines is 2. The number of rotatable bonds is 4. The third kappa shape index (κ3) is 3.80. The third-order valence-electron chi connectivity index (χ3n) is 9.91. The fourth-order valence-electron chi connectivity index (χ4n) is 8.02. The van der Waals surface area contributed by atoms with Crippen LogP contribution < -0.4 is 4.90 Å². The average Bonchev–Trinajstić information content (AvgIpc) is 3.19. The fourth-order valence-corrected chi connectivity index (χ4v) is 8.02. The van der Waals surface area contributed by atoms with Gasteiger partial charge in [-0.2, -0.15) is 0 Å². The molecule has 5 aliphatic rings. The van der Waals surface area contributed by atoms with Crippen molar-refractivity contribution in [2.75, 3.05) is 4.90 Å². The molecule has 4 atom stereocenters. The van der Waals surface area contributed by atoms with Crippen molar-refractivity contribution in [3.05, 3.63) is 162 Å². The number of fused-ring (bicyclic) bond motifs is 4. The van der Waals surface area contributed by atoms with Gasteiger partial charge in [-0.25, -0.2) is 0 Å². The van der Waals surface area contributed by atoms with Crippen LogP contribution in [0.5, 0.6) is 0 Å². The highest BCUT2D eigenvalue weighted by atomic mass is 15.1. The predicted molar refractivity (Wildman–Crippen MR) is 179 cm³/mol. The molecule has 0 aromatic heterocycles. The van der Waals surface area contributed by atoms with Crippen molar-refractivity contribution in [1.82, 2.24) is 0 Å². The molecule has 6 bridgehead atoms. The minimum absolute atomic E-state index is 0.225. The summed E-state index contributed by atoms with van der Waals surface area (Å²) in [5.41, 5.74) is 14.4. The van der Waals surface area contributed by atoms with E-state index < -0.39 is 0 Å². The Morgan fingerprint density at radius 2 is 1.51 bits per heavy atom. The van der Waals surface area contributed by atoms with Crippen molar-refractivity contribution in [1.29, 1.82) is 0 Å². The lowest BCUT2D eigenvalue weighted by Gasteiger charge is -2.36. The van der Waals surface area contributed by atoms with Gasteiger partial charge in [0.25, 0.3) is 0 Å². The molecule has 0 heterocycles. The van der Waals surface area contributed by atoms with E-state index in [0.717, 1.165) is 12.8 Å². The maximum atomic E-state index is 3.65. The molecule has 4 aromatic carbocycles. The van der Waals surface area contributed by atoms with Crippen LogP contribution in [0.4, 0.5) is 11.4 Å². The summed E-state index contributed by atoms with van der Waals surface area (Å²) in [4.78, 5) is 2.36. The average molecular weight is 550 g/mol. The molecule has 4 aromatic rings. The molecule has 9 rings (SSSR count). The highest BCUT2D eigenvalue weighted by Crippen LogP contribution is 2.59. The molecule has 1 nitrogen and oxygen atoms in total. The van der Waals surface area contributed by atoms with Crippen molar-refractivity contribution < 1.29 is 0 Å². The van der Waals surface area contributed by atoms with E-state index in [9.17, 15) is 0 Å². The van der Waals surface area contributed by atoms with E-state index in [0.29, 0.717) is 17.8 Å². The van der Waals surface area contributed by atoms with Gasteiger partial charge in [-0.15, -0.1) is 0 Å². The van der Waals surface area contributed by atoms with Crippen LogP contribution in [0.3, 0.4) is 0 Å². The van der Waals surface area contributed by atoms with Crippen LogP contribution in [0, 0.1) is 23.7 Å². The largest absolute Gasteiger partial charge is 0.311 e.